The molecule has 176 valence electrons. The summed E-state index contributed by atoms with van der Waals surface area (Å²) >= 11 is 0. The summed E-state index contributed by atoms with van der Waals surface area (Å²) in [4.78, 5) is 19.6. The number of ether oxygens (including phenoxy) is 1. The summed E-state index contributed by atoms with van der Waals surface area (Å²) in [7, 11) is -3.59. The highest BCUT2D eigenvalue weighted by Crippen LogP contribution is 2.24. The molecule has 4 rings (SSSR count). The Morgan fingerprint density at radius 3 is 2.48 bits per heavy atom. The van der Waals surface area contributed by atoms with Crippen LogP contribution in [0.3, 0.4) is 0 Å². The van der Waals surface area contributed by atoms with E-state index < -0.39 is 10.0 Å². The number of aryl methyl sites for hydroxylation is 2. The first kappa shape index (κ1) is 23.4. The van der Waals surface area contributed by atoms with E-state index in [1.54, 1.807) is 17.0 Å². The van der Waals surface area contributed by atoms with Crippen LogP contribution in [0.1, 0.15) is 26.1 Å². The molecule has 1 aliphatic heterocycles. The Morgan fingerprint density at radius 1 is 1.09 bits per heavy atom. The lowest BCUT2D eigenvalue weighted by atomic mass is 10.2. The van der Waals surface area contributed by atoms with E-state index in [9.17, 15) is 13.2 Å². The summed E-state index contributed by atoms with van der Waals surface area (Å²) in [6.45, 7) is 6.78. The predicted molar refractivity (Wildman–Crippen MR) is 128 cm³/mol. The molecule has 0 unspecified atom stereocenters. The van der Waals surface area contributed by atoms with Gasteiger partial charge in [-0.1, -0.05) is 18.2 Å². The van der Waals surface area contributed by atoms with E-state index in [0.29, 0.717) is 57.8 Å². The fourth-order valence-corrected chi connectivity index (χ4v) is 5.69. The number of imidazole rings is 1. The molecular weight excluding hydrogens is 440 g/mol. The number of carbonyl (C=O) groups excluding carboxylic acids is 1. The number of hydrogen-bond donors (Lipinski definition) is 0. The number of aromatic nitrogens is 2. The van der Waals surface area contributed by atoms with Gasteiger partial charge in [-0.15, -0.1) is 0 Å². The summed E-state index contributed by atoms with van der Waals surface area (Å²) < 4.78 is 34.9. The Labute approximate surface area is 194 Å². The van der Waals surface area contributed by atoms with Crippen LogP contribution in [0.25, 0.3) is 11.0 Å². The molecule has 3 aromatic rings. The third-order valence-corrected chi connectivity index (χ3v) is 7.87. The maximum Gasteiger partial charge on any atom is 0.243 e. The van der Waals surface area contributed by atoms with E-state index in [2.05, 4.69) is 0 Å². The van der Waals surface area contributed by atoms with Gasteiger partial charge in [0.1, 0.15) is 5.82 Å². The fraction of sp³-hybridized carbons (Fsp3) is 0.417. The average molecular weight is 471 g/mol. The number of hydrogen-bond acceptors (Lipinski definition) is 5. The van der Waals surface area contributed by atoms with E-state index >= 15 is 0 Å². The Bertz CT molecular complexity index is 1220. The molecule has 9 heteroatoms. The third kappa shape index (κ3) is 4.80. The molecule has 0 bridgehead atoms. The van der Waals surface area contributed by atoms with Gasteiger partial charge in [-0.25, -0.2) is 13.4 Å². The number of amides is 1. The molecule has 1 aromatic heterocycles. The molecule has 33 heavy (non-hydrogen) atoms. The second-order valence-electron chi connectivity index (χ2n) is 7.91. The summed E-state index contributed by atoms with van der Waals surface area (Å²) in [5.41, 5.74) is 2.38. The molecule has 8 nitrogen and oxygen atoms in total. The molecule has 1 aliphatic rings. The van der Waals surface area contributed by atoms with Gasteiger partial charge >= 0.3 is 0 Å². The van der Waals surface area contributed by atoms with E-state index in [1.807, 2.05) is 54.8 Å². The van der Waals surface area contributed by atoms with Crippen LogP contribution >= 0.6 is 0 Å². The largest absolute Gasteiger partial charge is 0.379 e. The Hall–Kier alpha value is -2.75. The van der Waals surface area contributed by atoms with Crippen molar-refractivity contribution in [2.75, 3.05) is 37.7 Å². The van der Waals surface area contributed by atoms with Crippen molar-refractivity contribution in [1.29, 1.82) is 0 Å². The van der Waals surface area contributed by atoms with Crippen LogP contribution in [0, 0.1) is 0 Å². The number of carbonyl (C=O) groups is 1. The first-order chi connectivity index (χ1) is 16.0. The fourth-order valence-electron chi connectivity index (χ4n) is 4.26. The van der Waals surface area contributed by atoms with Crippen LogP contribution in [0.4, 0.5) is 5.69 Å². The third-order valence-electron chi connectivity index (χ3n) is 5.97. The molecular formula is C24H30N4O4S. The van der Waals surface area contributed by atoms with Crippen molar-refractivity contribution in [3.8, 4) is 0 Å². The van der Waals surface area contributed by atoms with Crippen molar-refractivity contribution in [3.05, 3.63) is 54.4 Å². The summed E-state index contributed by atoms with van der Waals surface area (Å²) in [6.07, 6.45) is 0.807. The monoisotopic (exact) mass is 470 g/mol. The molecule has 0 spiro atoms. The summed E-state index contributed by atoms with van der Waals surface area (Å²) in [5.74, 6) is 0.819. The molecule has 1 saturated heterocycles. The summed E-state index contributed by atoms with van der Waals surface area (Å²) in [5, 5.41) is 0. The van der Waals surface area contributed by atoms with Gasteiger partial charge in [-0.3, -0.25) is 4.79 Å². The number of nitrogens with zero attached hydrogens (tertiary/aromatic N) is 4. The van der Waals surface area contributed by atoms with Crippen molar-refractivity contribution in [3.63, 3.8) is 0 Å². The zero-order valence-corrected chi connectivity index (χ0v) is 19.9. The standard InChI is InChI=1S/C24H30N4O4S/c1-3-27(19-8-6-5-7-9-19)24(29)13-12-23-25-21-18-20(10-11-22(21)28(23)4-2)33(30,31)26-14-16-32-17-15-26/h5-11,18H,3-4,12-17H2,1-2H3. The normalized spacial score (nSPS) is 15.1. The van der Waals surface area contributed by atoms with Crippen LogP contribution < -0.4 is 4.90 Å². The van der Waals surface area contributed by atoms with Crippen molar-refractivity contribution >= 4 is 32.7 Å². The first-order valence-corrected chi connectivity index (χ1v) is 12.8. The van der Waals surface area contributed by atoms with Crippen molar-refractivity contribution < 1.29 is 17.9 Å². The maximum atomic E-state index is 13.0. The molecule has 0 aliphatic carbocycles. The molecule has 0 saturated carbocycles. The Balaban J connectivity index is 1.56. The number of morpholine rings is 1. The zero-order valence-electron chi connectivity index (χ0n) is 19.1. The van der Waals surface area contributed by atoms with Gasteiger partial charge in [-0.05, 0) is 44.2 Å². The van der Waals surface area contributed by atoms with E-state index in [4.69, 9.17) is 9.72 Å². The number of benzene rings is 2. The van der Waals surface area contributed by atoms with Gasteiger partial charge in [0.15, 0.2) is 0 Å². The van der Waals surface area contributed by atoms with Gasteiger partial charge in [0, 0.05) is 44.7 Å². The molecule has 0 radical (unpaired) electrons. The van der Waals surface area contributed by atoms with Crippen LogP contribution in [0.2, 0.25) is 0 Å². The number of sulfonamides is 1. The lowest BCUT2D eigenvalue weighted by molar-refractivity contribution is -0.118. The van der Waals surface area contributed by atoms with Gasteiger partial charge in [0.05, 0.1) is 29.1 Å². The SMILES string of the molecule is CCN(C(=O)CCc1nc2cc(S(=O)(=O)N3CCOCC3)ccc2n1CC)c1ccccc1. The van der Waals surface area contributed by atoms with Crippen LogP contribution in [-0.2, 0) is 32.5 Å². The van der Waals surface area contributed by atoms with Gasteiger partial charge in [-0.2, -0.15) is 4.31 Å². The Morgan fingerprint density at radius 2 is 1.82 bits per heavy atom. The van der Waals surface area contributed by atoms with E-state index in [0.717, 1.165) is 17.0 Å². The topological polar surface area (TPSA) is 84.7 Å². The number of anilines is 1. The van der Waals surface area contributed by atoms with E-state index in [-0.39, 0.29) is 10.8 Å². The number of para-hydroxylation sites is 1. The van der Waals surface area contributed by atoms with Crippen molar-refractivity contribution in [2.45, 2.75) is 38.1 Å². The van der Waals surface area contributed by atoms with Crippen LogP contribution in [0.5, 0.6) is 0 Å². The molecule has 1 amide bonds. The van der Waals surface area contributed by atoms with Crippen LogP contribution in [0.15, 0.2) is 53.4 Å². The Kier molecular flexibility index (Phi) is 7.11. The quantitative estimate of drug-likeness (QED) is 0.505. The molecule has 0 atom stereocenters. The van der Waals surface area contributed by atoms with Crippen molar-refractivity contribution in [2.24, 2.45) is 0 Å². The average Bonchev–Trinajstić information content (AvgIpc) is 3.21. The van der Waals surface area contributed by atoms with E-state index in [1.165, 1.54) is 4.31 Å². The lowest BCUT2D eigenvalue weighted by Gasteiger charge is -2.26. The highest BCUT2D eigenvalue weighted by atomic mass is 32.2. The first-order valence-electron chi connectivity index (χ1n) is 11.4. The minimum Gasteiger partial charge on any atom is -0.379 e. The van der Waals surface area contributed by atoms with Crippen LogP contribution in [-0.4, -0.2) is 61.0 Å². The predicted octanol–water partition coefficient (Wildman–Crippen LogP) is 3.06. The number of fused-ring (bicyclic) bond motifs is 1. The highest BCUT2D eigenvalue weighted by Gasteiger charge is 2.27. The smallest absolute Gasteiger partial charge is 0.243 e. The maximum absolute atomic E-state index is 13.0. The van der Waals surface area contributed by atoms with Gasteiger partial charge in [0.25, 0.3) is 0 Å². The van der Waals surface area contributed by atoms with Crippen molar-refractivity contribution in [1.82, 2.24) is 13.9 Å². The second kappa shape index (κ2) is 10.0. The van der Waals surface area contributed by atoms with Gasteiger partial charge < -0.3 is 14.2 Å². The molecule has 2 heterocycles. The lowest BCUT2D eigenvalue weighted by Crippen LogP contribution is -2.40. The molecule has 2 aromatic carbocycles. The summed E-state index contributed by atoms with van der Waals surface area (Å²) in [6, 6.07) is 14.7. The van der Waals surface area contributed by atoms with Gasteiger partial charge in [0.2, 0.25) is 15.9 Å². The molecule has 1 fully saturated rings. The number of rotatable bonds is 8. The second-order valence-corrected chi connectivity index (χ2v) is 9.85. The molecule has 0 N–H and O–H groups in total. The minimum atomic E-state index is -3.59. The highest BCUT2D eigenvalue weighted by molar-refractivity contribution is 7.89. The minimum absolute atomic E-state index is 0.0361. The zero-order chi connectivity index (χ0) is 23.4.